The fourth-order valence-electron chi connectivity index (χ4n) is 1.93. The molecule has 2 aromatic rings. The molecule has 0 saturated heterocycles. The number of rotatable bonds is 5. The van der Waals surface area contributed by atoms with Crippen LogP contribution < -0.4 is 15.2 Å². The maximum atomic E-state index is 5.85. The lowest BCUT2D eigenvalue weighted by atomic mass is 10.2. The number of aryl methyl sites for hydroxylation is 2. The molecule has 0 spiro atoms. The third kappa shape index (κ3) is 2.88. The van der Waals surface area contributed by atoms with Gasteiger partial charge in [-0.1, -0.05) is 0 Å². The molecule has 1 aromatic heterocycles. The van der Waals surface area contributed by atoms with Gasteiger partial charge in [-0.2, -0.15) is 5.10 Å². The average Bonchev–Trinajstić information content (AvgIpc) is 2.66. The Kier molecular flexibility index (Phi) is 4.06. The van der Waals surface area contributed by atoms with Gasteiger partial charge in [-0.05, 0) is 38.1 Å². The first kappa shape index (κ1) is 13.4. The molecule has 5 heteroatoms. The van der Waals surface area contributed by atoms with E-state index >= 15 is 0 Å². The van der Waals surface area contributed by atoms with Gasteiger partial charge in [0.1, 0.15) is 11.5 Å². The predicted molar refractivity (Wildman–Crippen MR) is 73.5 cm³/mol. The maximum Gasteiger partial charge on any atom is 0.222 e. The number of benzene rings is 1. The summed E-state index contributed by atoms with van der Waals surface area (Å²) in [6.07, 6.45) is 0. The summed E-state index contributed by atoms with van der Waals surface area (Å²) in [5.74, 6) is 2.25. The summed E-state index contributed by atoms with van der Waals surface area (Å²) >= 11 is 0. The minimum Gasteiger partial charge on any atom is -0.494 e. The van der Waals surface area contributed by atoms with Crippen molar-refractivity contribution in [1.82, 2.24) is 9.78 Å². The van der Waals surface area contributed by atoms with Crippen molar-refractivity contribution in [2.45, 2.75) is 20.4 Å². The van der Waals surface area contributed by atoms with E-state index in [0.29, 0.717) is 19.0 Å². The van der Waals surface area contributed by atoms with Crippen molar-refractivity contribution in [3.05, 3.63) is 35.5 Å². The van der Waals surface area contributed by atoms with Crippen LogP contribution in [0.15, 0.2) is 24.3 Å². The number of hydrogen-bond acceptors (Lipinski definition) is 4. The summed E-state index contributed by atoms with van der Waals surface area (Å²) in [7, 11) is 1.84. The van der Waals surface area contributed by atoms with Gasteiger partial charge in [0.15, 0.2) is 0 Å². The highest BCUT2D eigenvalue weighted by Crippen LogP contribution is 2.28. The normalized spacial score (nSPS) is 10.5. The molecule has 2 N–H and O–H groups in total. The molecule has 0 saturated carbocycles. The summed E-state index contributed by atoms with van der Waals surface area (Å²) < 4.78 is 12.9. The molecule has 0 fully saturated rings. The smallest absolute Gasteiger partial charge is 0.222 e. The van der Waals surface area contributed by atoms with Crippen molar-refractivity contribution >= 4 is 0 Å². The van der Waals surface area contributed by atoms with Crippen molar-refractivity contribution in [2.24, 2.45) is 12.8 Å². The zero-order valence-corrected chi connectivity index (χ0v) is 11.5. The fraction of sp³-hybridized carbons (Fsp3) is 0.357. The summed E-state index contributed by atoms with van der Waals surface area (Å²) in [6.45, 7) is 4.94. The predicted octanol–water partition coefficient (Wildman–Crippen LogP) is 2.38. The van der Waals surface area contributed by atoms with Gasteiger partial charge in [-0.3, -0.25) is 0 Å². The Bertz CT molecular complexity index is 547. The Morgan fingerprint density at radius 2 is 1.84 bits per heavy atom. The highest BCUT2D eigenvalue weighted by Gasteiger charge is 2.13. The molecule has 5 nitrogen and oxygen atoms in total. The van der Waals surface area contributed by atoms with E-state index in [1.165, 1.54) is 0 Å². The van der Waals surface area contributed by atoms with Gasteiger partial charge in [0.25, 0.3) is 0 Å². The fourth-order valence-corrected chi connectivity index (χ4v) is 1.93. The molecule has 0 radical (unpaired) electrons. The largest absolute Gasteiger partial charge is 0.494 e. The number of nitrogens with zero attached hydrogens (tertiary/aromatic N) is 2. The molecule has 1 aromatic carbocycles. The van der Waals surface area contributed by atoms with Gasteiger partial charge >= 0.3 is 0 Å². The van der Waals surface area contributed by atoms with Gasteiger partial charge in [0.2, 0.25) is 5.88 Å². The molecule has 102 valence electrons. The Hall–Kier alpha value is -2.01. The third-order valence-corrected chi connectivity index (χ3v) is 2.84. The zero-order chi connectivity index (χ0) is 13.8. The van der Waals surface area contributed by atoms with E-state index in [0.717, 1.165) is 22.8 Å². The Labute approximate surface area is 112 Å². The van der Waals surface area contributed by atoms with Crippen molar-refractivity contribution in [3.63, 3.8) is 0 Å². The van der Waals surface area contributed by atoms with E-state index in [1.54, 1.807) is 4.68 Å². The van der Waals surface area contributed by atoms with Crippen LogP contribution in [0.4, 0.5) is 0 Å². The molecule has 0 unspecified atom stereocenters. The standard InChI is InChI=1S/C14H19N3O2/c1-4-18-11-5-7-12(8-6-11)19-14-13(9-15)10(2)16-17(14)3/h5-8H,4,9,15H2,1-3H3. The second kappa shape index (κ2) is 5.75. The van der Waals surface area contributed by atoms with Gasteiger partial charge in [-0.25, -0.2) is 4.68 Å². The van der Waals surface area contributed by atoms with E-state index in [4.69, 9.17) is 15.2 Å². The van der Waals surface area contributed by atoms with Crippen LogP contribution in [0.2, 0.25) is 0 Å². The second-order valence-electron chi connectivity index (χ2n) is 4.20. The monoisotopic (exact) mass is 261 g/mol. The molecular formula is C14H19N3O2. The van der Waals surface area contributed by atoms with E-state index < -0.39 is 0 Å². The maximum absolute atomic E-state index is 5.85. The quantitative estimate of drug-likeness (QED) is 0.897. The first-order chi connectivity index (χ1) is 9.15. The minimum absolute atomic E-state index is 0.409. The summed E-state index contributed by atoms with van der Waals surface area (Å²) in [5, 5.41) is 4.31. The average molecular weight is 261 g/mol. The molecule has 0 bridgehead atoms. The lowest BCUT2D eigenvalue weighted by molar-refractivity contribution is 0.339. The van der Waals surface area contributed by atoms with Gasteiger partial charge in [0.05, 0.1) is 17.9 Å². The number of ether oxygens (including phenoxy) is 2. The Morgan fingerprint density at radius 3 is 2.42 bits per heavy atom. The van der Waals surface area contributed by atoms with Crippen LogP contribution >= 0.6 is 0 Å². The van der Waals surface area contributed by atoms with Crippen LogP contribution in [0.5, 0.6) is 17.4 Å². The van der Waals surface area contributed by atoms with Crippen molar-refractivity contribution < 1.29 is 9.47 Å². The SMILES string of the molecule is CCOc1ccc(Oc2c(CN)c(C)nn2C)cc1. The van der Waals surface area contributed by atoms with Crippen LogP contribution in [-0.2, 0) is 13.6 Å². The van der Waals surface area contributed by atoms with Crippen LogP contribution in [0.25, 0.3) is 0 Å². The van der Waals surface area contributed by atoms with E-state index in [2.05, 4.69) is 5.10 Å². The first-order valence-electron chi connectivity index (χ1n) is 6.29. The molecule has 0 aliphatic heterocycles. The van der Waals surface area contributed by atoms with Crippen LogP contribution in [-0.4, -0.2) is 16.4 Å². The third-order valence-electron chi connectivity index (χ3n) is 2.84. The van der Waals surface area contributed by atoms with Gasteiger partial charge in [-0.15, -0.1) is 0 Å². The minimum atomic E-state index is 0.409. The highest BCUT2D eigenvalue weighted by atomic mass is 16.5. The van der Waals surface area contributed by atoms with Gasteiger partial charge < -0.3 is 15.2 Å². The van der Waals surface area contributed by atoms with Crippen molar-refractivity contribution in [2.75, 3.05) is 6.61 Å². The highest BCUT2D eigenvalue weighted by molar-refractivity contribution is 5.37. The Morgan fingerprint density at radius 1 is 1.21 bits per heavy atom. The molecule has 1 heterocycles. The van der Waals surface area contributed by atoms with Gasteiger partial charge in [0, 0.05) is 13.6 Å². The first-order valence-corrected chi connectivity index (χ1v) is 6.29. The van der Waals surface area contributed by atoms with Crippen molar-refractivity contribution in [3.8, 4) is 17.4 Å². The molecule has 0 amide bonds. The molecule has 0 aliphatic rings. The number of aromatic nitrogens is 2. The summed E-state index contributed by atoms with van der Waals surface area (Å²) in [6, 6.07) is 7.50. The van der Waals surface area contributed by atoms with Crippen LogP contribution in [0.1, 0.15) is 18.2 Å². The molecule has 0 aliphatic carbocycles. The van der Waals surface area contributed by atoms with Crippen LogP contribution in [0, 0.1) is 6.92 Å². The zero-order valence-electron chi connectivity index (χ0n) is 11.5. The van der Waals surface area contributed by atoms with E-state index in [-0.39, 0.29) is 0 Å². The summed E-state index contributed by atoms with van der Waals surface area (Å²) in [4.78, 5) is 0. The van der Waals surface area contributed by atoms with Crippen LogP contribution in [0.3, 0.4) is 0 Å². The molecule has 0 atom stereocenters. The lowest BCUT2D eigenvalue weighted by Crippen LogP contribution is -2.01. The van der Waals surface area contributed by atoms with E-state index in [1.807, 2.05) is 45.2 Å². The number of nitrogens with two attached hydrogens (primary N) is 1. The molecule has 19 heavy (non-hydrogen) atoms. The topological polar surface area (TPSA) is 62.3 Å². The molecule has 2 rings (SSSR count). The van der Waals surface area contributed by atoms with E-state index in [9.17, 15) is 0 Å². The summed E-state index contributed by atoms with van der Waals surface area (Å²) in [5.41, 5.74) is 7.55. The second-order valence-corrected chi connectivity index (χ2v) is 4.20. The Balaban J connectivity index is 2.21. The van der Waals surface area contributed by atoms with Crippen molar-refractivity contribution in [1.29, 1.82) is 0 Å². The molecular weight excluding hydrogens is 242 g/mol. The lowest BCUT2D eigenvalue weighted by Gasteiger charge is -2.09. The number of hydrogen-bond donors (Lipinski definition) is 1.